The maximum absolute atomic E-state index is 13.0. The van der Waals surface area contributed by atoms with Crippen LogP contribution in [0.2, 0.25) is 0 Å². The van der Waals surface area contributed by atoms with Crippen molar-refractivity contribution in [3.8, 4) is 0 Å². The van der Waals surface area contributed by atoms with Crippen molar-refractivity contribution in [2.45, 2.75) is 38.8 Å². The van der Waals surface area contributed by atoms with E-state index >= 15 is 0 Å². The molecule has 0 aliphatic heterocycles. The molecule has 2 rings (SSSR count). The maximum Gasteiger partial charge on any atom is 0.244 e. The van der Waals surface area contributed by atoms with Gasteiger partial charge in [0.15, 0.2) is 0 Å². The lowest BCUT2D eigenvalue weighted by Gasteiger charge is -2.31. The molecule has 26 heavy (non-hydrogen) atoms. The van der Waals surface area contributed by atoms with Gasteiger partial charge in [0, 0.05) is 0 Å². The van der Waals surface area contributed by atoms with Crippen molar-refractivity contribution in [1.82, 2.24) is 5.32 Å². The lowest BCUT2D eigenvalue weighted by Crippen LogP contribution is -2.50. The molecule has 0 heterocycles. The lowest BCUT2D eigenvalue weighted by molar-refractivity contribution is -0.123. The minimum Gasteiger partial charge on any atom is -0.347 e. The molecule has 0 fully saturated rings. The summed E-state index contributed by atoms with van der Waals surface area (Å²) in [7, 11) is -3.61. The van der Waals surface area contributed by atoms with E-state index in [1.807, 2.05) is 50.2 Å². The SMILES string of the molecule is CC[C@@H](NC(=O)[C@H](CC)N(c1ccccc1)S(C)(=O)=O)c1ccccc1. The number of rotatable bonds is 8. The number of benzene rings is 2. The van der Waals surface area contributed by atoms with E-state index < -0.39 is 16.1 Å². The fourth-order valence-electron chi connectivity index (χ4n) is 3.01. The van der Waals surface area contributed by atoms with Crippen LogP contribution in [-0.2, 0) is 14.8 Å². The van der Waals surface area contributed by atoms with Gasteiger partial charge in [-0.1, -0.05) is 62.4 Å². The van der Waals surface area contributed by atoms with Crippen molar-refractivity contribution in [3.05, 3.63) is 66.2 Å². The molecule has 0 radical (unpaired) electrons. The second-order valence-electron chi connectivity index (χ2n) is 6.20. The maximum atomic E-state index is 13.0. The van der Waals surface area contributed by atoms with Crippen LogP contribution in [0.4, 0.5) is 5.69 Å². The lowest BCUT2D eigenvalue weighted by atomic mass is 10.0. The molecule has 1 N–H and O–H groups in total. The van der Waals surface area contributed by atoms with Gasteiger partial charge in [-0.2, -0.15) is 0 Å². The van der Waals surface area contributed by atoms with E-state index in [9.17, 15) is 13.2 Å². The number of carbonyl (C=O) groups is 1. The number of sulfonamides is 1. The van der Waals surface area contributed by atoms with Gasteiger partial charge in [0.1, 0.15) is 6.04 Å². The summed E-state index contributed by atoms with van der Waals surface area (Å²) in [4.78, 5) is 13.0. The Bertz CT molecular complexity index is 807. The molecule has 2 aromatic rings. The highest BCUT2D eigenvalue weighted by Gasteiger charge is 2.32. The number of nitrogens with zero attached hydrogens (tertiary/aromatic N) is 1. The molecule has 6 heteroatoms. The van der Waals surface area contributed by atoms with Gasteiger partial charge in [-0.25, -0.2) is 8.42 Å². The standard InChI is InChI=1S/C20H26N2O3S/c1-4-18(16-12-8-6-9-13-16)21-20(23)19(5-2)22(26(3,24)25)17-14-10-7-11-15-17/h6-15,18-19H,4-5H2,1-3H3,(H,21,23)/t18-,19+/m1/s1. The molecule has 0 unspecified atom stereocenters. The van der Waals surface area contributed by atoms with Crippen molar-refractivity contribution in [2.24, 2.45) is 0 Å². The zero-order valence-corrected chi connectivity index (χ0v) is 16.2. The molecular formula is C20H26N2O3S. The Kier molecular flexibility index (Phi) is 6.80. The average molecular weight is 375 g/mol. The number of amides is 1. The van der Waals surface area contributed by atoms with Gasteiger partial charge in [-0.05, 0) is 30.5 Å². The van der Waals surface area contributed by atoms with Crippen LogP contribution in [0.3, 0.4) is 0 Å². The zero-order chi connectivity index (χ0) is 19.2. The first-order chi connectivity index (χ1) is 12.4. The van der Waals surface area contributed by atoms with E-state index in [4.69, 9.17) is 0 Å². The third kappa shape index (κ3) is 4.85. The average Bonchev–Trinajstić information content (AvgIpc) is 2.64. The highest BCUT2D eigenvalue weighted by molar-refractivity contribution is 7.92. The van der Waals surface area contributed by atoms with Crippen molar-refractivity contribution >= 4 is 21.6 Å². The summed E-state index contributed by atoms with van der Waals surface area (Å²) in [5.74, 6) is -0.294. The molecule has 0 saturated heterocycles. The predicted octanol–water partition coefficient (Wildman–Crippen LogP) is 3.50. The van der Waals surface area contributed by atoms with E-state index in [1.54, 1.807) is 24.3 Å². The summed E-state index contributed by atoms with van der Waals surface area (Å²) in [6.07, 6.45) is 2.22. The zero-order valence-electron chi connectivity index (χ0n) is 15.4. The van der Waals surface area contributed by atoms with Gasteiger partial charge in [0.25, 0.3) is 0 Å². The number of carbonyl (C=O) groups excluding carboxylic acids is 1. The molecule has 1 amide bonds. The highest BCUT2D eigenvalue weighted by atomic mass is 32.2. The van der Waals surface area contributed by atoms with Crippen LogP contribution in [0.5, 0.6) is 0 Å². The molecule has 140 valence electrons. The smallest absolute Gasteiger partial charge is 0.244 e. The number of anilines is 1. The van der Waals surface area contributed by atoms with Gasteiger partial charge < -0.3 is 5.32 Å². The summed E-state index contributed by atoms with van der Waals surface area (Å²) < 4.78 is 26.0. The normalized spacial score (nSPS) is 13.7. The van der Waals surface area contributed by atoms with Gasteiger partial charge in [0.05, 0.1) is 18.0 Å². The molecule has 0 aliphatic rings. The van der Waals surface area contributed by atoms with Crippen LogP contribution in [0, 0.1) is 0 Å². The van der Waals surface area contributed by atoms with E-state index in [-0.39, 0.29) is 11.9 Å². The summed E-state index contributed by atoms with van der Waals surface area (Å²) in [6.45, 7) is 3.80. The summed E-state index contributed by atoms with van der Waals surface area (Å²) in [6, 6.07) is 17.5. The molecule has 2 atom stereocenters. The molecule has 5 nitrogen and oxygen atoms in total. The number of para-hydroxylation sites is 1. The second-order valence-corrected chi connectivity index (χ2v) is 8.06. The van der Waals surface area contributed by atoms with Gasteiger partial charge in [-0.15, -0.1) is 0 Å². The minimum atomic E-state index is -3.61. The number of nitrogens with one attached hydrogen (secondary N) is 1. The van der Waals surface area contributed by atoms with Gasteiger partial charge >= 0.3 is 0 Å². The summed E-state index contributed by atoms with van der Waals surface area (Å²) in [5, 5.41) is 3.01. The Hall–Kier alpha value is -2.34. The van der Waals surface area contributed by atoms with Crippen molar-refractivity contribution in [2.75, 3.05) is 10.6 Å². The Morgan fingerprint density at radius 2 is 1.50 bits per heavy atom. The first-order valence-corrected chi connectivity index (χ1v) is 10.6. The fourth-order valence-corrected chi connectivity index (χ4v) is 4.22. The topological polar surface area (TPSA) is 66.5 Å². The first-order valence-electron chi connectivity index (χ1n) is 8.78. The van der Waals surface area contributed by atoms with E-state index in [2.05, 4.69) is 5.32 Å². The quantitative estimate of drug-likeness (QED) is 0.769. The third-order valence-electron chi connectivity index (χ3n) is 4.27. The Morgan fingerprint density at radius 1 is 0.962 bits per heavy atom. The first kappa shape index (κ1) is 20.0. The van der Waals surface area contributed by atoms with E-state index in [0.29, 0.717) is 12.1 Å². The molecule has 0 bridgehead atoms. The summed E-state index contributed by atoms with van der Waals surface area (Å²) >= 11 is 0. The van der Waals surface area contributed by atoms with Crippen LogP contribution in [0.25, 0.3) is 0 Å². The molecule has 0 aromatic heterocycles. The molecule has 0 saturated carbocycles. The Labute approximate surface area is 156 Å². The largest absolute Gasteiger partial charge is 0.347 e. The third-order valence-corrected chi connectivity index (χ3v) is 5.45. The molecular weight excluding hydrogens is 348 g/mol. The van der Waals surface area contributed by atoms with Crippen molar-refractivity contribution in [3.63, 3.8) is 0 Å². The monoisotopic (exact) mass is 374 g/mol. The van der Waals surface area contributed by atoms with Crippen LogP contribution in [0.15, 0.2) is 60.7 Å². The van der Waals surface area contributed by atoms with Crippen LogP contribution >= 0.6 is 0 Å². The number of hydrogen-bond acceptors (Lipinski definition) is 3. The van der Waals surface area contributed by atoms with Gasteiger partial charge in [-0.3, -0.25) is 9.10 Å². The predicted molar refractivity (Wildman–Crippen MR) is 105 cm³/mol. The Morgan fingerprint density at radius 3 is 1.96 bits per heavy atom. The minimum absolute atomic E-state index is 0.157. The van der Waals surface area contributed by atoms with E-state index in [1.165, 1.54) is 4.31 Å². The summed E-state index contributed by atoms with van der Waals surface area (Å²) in [5.41, 5.74) is 1.49. The molecule has 0 spiro atoms. The van der Waals surface area contributed by atoms with Crippen molar-refractivity contribution in [1.29, 1.82) is 0 Å². The van der Waals surface area contributed by atoms with Crippen LogP contribution < -0.4 is 9.62 Å². The number of hydrogen-bond donors (Lipinski definition) is 1. The second kappa shape index (κ2) is 8.85. The van der Waals surface area contributed by atoms with Gasteiger partial charge in [0.2, 0.25) is 15.9 Å². The molecule has 0 aliphatic carbocycles. The Balaban J connectivity index is 2.31. The van der Waals surface area contributed by atoms with Crippen molar-refractivity contribution < 1.29 is 13.2 Å². The highest BCUT2D eigenvalue weighted by Crippen LogP contribution is 2.23. The molecule has 2 aromatic carbocycles. The van der Waals surface area contributed by atoms with Crippen LogP contribution in [-0.4, -0.2) is 26.6 Å². The van der Waals surface area contributed by atoms with Crippen LogP contribution in [0.1, 0.15) is 38.3 Å². The fraction of sp³-hybridized carbons (Fsp3) is 0.350. The van der Waals surface area contributed by atoms with E-state index in [0.717, 1.165) is 18.2 Å².